The molecule has 1 aliphatic heterocycles. The van der Waals surface area contributed by atoms with E-state index in [1.54, 1.807) is 18.2 Å². The summed E-state index contributed by atoms with van der Waals surface area (Å²) in [5.74, 6) is 1.54. The van der Waals surface area contributed by atoms with Crippen LogP contribution in [-0.4, -0.2) is 64.3 Å². The van der Waals surface area contributed by atoms with E-state index in [4.69, 9.17) is 4.42 Å². The monoisotopic (exact) mass is 446 g/mol. The van der Waals surface area contributed by atoms with Crippen LogP contribution in [0.4, 0.5) is 0 Å². The van der Waals surface area contributed by atoms with Crippen molar-refractivity contribution in [3.8, 4) is 17.1 Å². The predicted octanol–water partition coefficient (Wildman–Crippen LogP) is 2.57. The van der Waals surface area contributed by atoms with Crippen molar-refractivity contribution >= 4 is 27.5 Å². The summed E-state index contributed by atoms with van der Waals surface area (Å²) in [6.07, 6.45) is 2.09. The molecule has 4 rings (SSSR count). The molecule has 10 heteroatoms. The molecule has 1 fully saturated rings. The quantitative estimate of drug-likeness (QED) is 0.537. The van der Waals surface area contributed by atoms with Crippen LogP contribution in [0.1, 0.15) is 12.2 Å². The first kappa shape index (κ1) is 20.7. The van der Waals surface area contributed by atoms with Crippen LogP contribution < -0.4 is 0 Å². The van der Waals surface area contributed by atoms with E-state index in [1.165, 1.54) is 11.8 Å². The molecule has 1 atom stereocenters. The summed E-state index contributed by atoms with van der Waals surface area (Å²) < 4.78 is 30.8. The molecule has 1 aromatic carbocycles. The van der Waals surface area contributed by atoms with Crippen LogP contribution in [-0.2, 0) is 14.6 Å². The third kappa shape index (κ3) is 4.15. The third-order valence-electron chi connectivity index (χ3n) is 5.22. The Hall–Kier alpha value is -2.59. The maximum Gasteiger partial charge on any atom is 0.233 e. The van der Waals surface area contributed by atoms with E-state index >= 15 is 0 Å². The minimum absolute atomic E-state index is 0.0318. The molecular formula is C20H22N4O4S2. The van der Waals surface area contributed by atoms with Crippen LogP contribution in [0.3, 0.4) is 0 Å². The first-order valence-corrected chi connectivity index (χ1v) is 12.3. The molecule has 2 aromatic heterocycles. The van der Waals surface area contributed by atoms with Crippen LogP contribution in [0.15, 0.2) is 52.2 Å². The standard InChI is InChI=1S/C20H22N4O4S2/c1-14-17(8-10-28-14)19-21-22-20(24(19)15-6-4-3-5-7-15)29-12-18(25)23(2)16-9-11-30(26,27)13-16/h3-8,10,16H,9,11-13H2,1-2H3/t16-/m1/s1. The van der Waals surface area contributed by atoms with Crippen molar-refractivity contribution in [3.05, 3.63) is 48.4 Å². The number of furan rings is 1. The number of hydrogen-bond acceptors (Lipinski definition) is 7. The third-order valence-corrected chi connectivity index (χ3v) is 7.89. The van der Waals surface area contributed by atoms with Crippen LogP contribution >= 0.6 is 11.8 Å². The van der Waals surface area contributed by atoms with Crippen molar-refractivity contribution in [2.45, 2.75) is 24.5 Å². The Balaban J connectivity index is 1.57. The normalized spacial score (nSPS) is 17.9. The Labute approximate surface area is 179 Å². The predicted molar refractivity (Wildman–Crippen MR) is 114 cm³/mol. The molecular weight excluding hydrogens is 424 g/mol. The molecule has 1 amide bonds. The van der Waals surface area contributed by atoms with E-state index in [1.807, 2.05) is 47.9 Å². The van der Waals surface area contributed by atoms with Gasteiger partial charge in [0.1, 0.15) is 5.76 Å². The summed E-state index contributed by atoms with van der Waals surface area (Å²) in [5.41, 5.74) is 1.71. The number of carbonyl (C=O) groups is 1. The van der Waals surface area contributed by atoms with Gasteiger partial charge in [-0.15, -0.1) is 10.2 Å². The van der Waals surface area contributed by atoms with Gasteiger partial charge in [0.25, 0.3) is 0 Å². The maximum absolute atomic E-state index is 12.7. The minimum Gasteiger partial charge on any atom is -0.469 e. The van der Waals surface area contributed by atoms with Crippen molar-refractivity contribution in [1.82, 2.24) is 19.7 Å². The van der Waals surface area contributed by atoms with Crippen molar-refractivity contribution in [2.75, 3.05) is 24.3 Å². The summed E-state index contributed by atoms with van der Waals surface area (Å²) in [7, 11) is -1.38. The smallest absolute Gasteiger partial charge is 0.233 e. The number of para-hydroxylation sites is 1. The van der Waals surface area contributed by atoms with Crippen LogP contribution in [0.5, 0.6) is 0 Å². The van der Waals surface area contributed by atoms with Crippen molar-refractivity contribution in [3.63, 3.8) is 0 Å². The largest absolute Gasteiger partial charge is 0.469 e. The van der Waals surface area contributed by atoms with Crippen LogP contribution in [0.2, 0.25) is 0 Å². The van der Waals surface area contributed by atoms with Crippen LogP contribution in [0, 0.1) is 6.92 Å². The zero-order valence-electron chi connectivity index (χ0n) is 16.7. The van der Waals surface area contributed by atoms with Crippen molar-refractivity contribution in [2.24, 2.45) is 0 Å². The van der Waals surface area contributed by atoms with Crippen molar-refractivity contribution in [1.29, 1.82) is 0 Å². The summed E-state index contributed by atoms with van der Waals surface area (Å²) in [4.78, 5) is 14.2. The Morgan fingerprint density at radius 2 is 2.03 bits per heavy atom. The highest BCUT2D eigenvalue weighted by molar-refractivity contribution is 7.99. The van der Waals surface area contributed by atoms with Crippen molar-refractivity contribution < 1.29 is 17.6 Å². The number of sulfone groups is 1. The molecule has 0 aliphatic carbocycles. The summed E-state index contributed by atoms with van der Waals surface area (Å²) in [6, 6.07) is 11.3. The number of aromatic nitrogens is 3. The Morgan fingerprint density at radius 3 is 2.67 bits per heavy atom. The fraction of sp³-hybridized carbons (Fsp3) is 0.350. The van der Waals surface area contributed by atoms with Gasteiger partial charge in [-0.25, -0.2) is 8.42 Å². The topological polar surface area (TPSA) is 98.3 Å². The number of nitrogens with zero attached hydrogens (tertiary/aromatic N) is 4. The molecule has 1 saturated heterocycles. The Morgan fingerprint density at radius 1 is 1.27 bits per heavy atom. The number of rotatable bonds is 6. The highest BCUT2D eigenvalue weighted by Gasteiger charge is 2.32. The second kappa shape index (κ2) is 8.27. The average molecular weight is 447 g/mol. The van der Waals surface area contributed by atoms with E-state index in [0.29, 0.717) is 17.4 Å². The molecule has 158 valence electrons. The molecule has 30 heavy (non-hydrogen) atoms. The van der Waals surface area contributed by atoms with Gasteiger partial charge in [0, 0.05) is 18.8 Å². The van der Waals surface area contributed by atoms with Gasteiger partial charge in [-0.3, -0.25) is 9.36 Å². The number of amides is 1. The lowest BCUT2D eigenvalue weighted by molar-refractivity contribution is -0.128. The van der Waals surface area contributed by atoms with E-state index in [9.17, 15) is 13.2 Å². The summed E-state index contributed by atoms with van der Waals surface area (Å²) in [5, 5.41) is 9.23. The molecule has 3 aromatic rings. The van der Waals surface area contributed by atoms with Gasteiger partial charge >= 0.3 is 0 Å². The van der Waals surface area contributed by atoms with Gasteiger partial charge in [0.2, 0.25) is 5.91 Å². The summed E-state index contributed by atoms with van der Waals surface area (Å²) in [6.45, 7) is 1.86. The number of thioether (sulfide) groups is 1. The van der Waals surface area contributed by atoms with Gasteiger partial charge < -0.3 is 9.32 Å². The van der Waals surface area contributed by atoms with Gasteiger partial charge in [-0.05, 0) is 31.5 Å². The van der Waals surface area contributed by atoms with E-state index in [-0.39, 0.29) is 29.2 Å². The minimum atomic E-state index is -3.05. The number of hydrogen-bond donors (Lipinski definition) is 0. The van der Waals surface area contributed by atoms with Gasteiger partial charge in [0.15, 0.2) is 20.8 Å². The molecule has 0 bridgehead atoms. The molecule has 0 saturated carbocycles. The fourth-order valence-electron chi connectivity index (χ4n) is 3.48. The Bertz CT molecular complexity index is 1150. The maximum atomic E-state index is 12.7. The zero-order chi connectivity index (χ0) is 21.3. The first-order chi connectivity index (χ1) is 14.4. The average Bonchev–Trinajstić information content (AvgIpc) is 3.43. The fourth-order valence-corrected chi connectivity index (χ4v) is 6.13. The molecule has 0 radical (unpaired) electrons. The van der Waals surface area contributed by atoms with E-state index < -0.39 is 9.84 Å². The van der Waals surface area contributed by atoms with E-state index in [2.05, 4.69) is 10.2 Å². The molecule has 3 heterocycles. The lowest BCUT2D eigenvalue weighted by atomic mass is 10.2. The molecule has 8 nitrogen and oxygen atoms in total. The lowest BCUT2D eigenvalue weighted by Crippen LogP contribution is -2.38. The number of carbonyl (C=O) groups excluding carboxylic acids is 1. The zero-order valence-corrected chi connectivity index (χ0v) is 18.3. The van der Waals surface area contributed by atoms with Gasteiger partial charge in [-0.2, -0.15) is 0 Å². The molecule has 1 aliphatic rings. The second-order valence-corrected chi connectivity index (χ2v) is 10.4. The SMILES string of the molecule is Cc1occc1-c1nnc(SCC(=O)N(C)[C@@H]2CCS(=O)(=O)C2)n1-c1ccccc1. The first-order valence-electron chi connectivity index (χ1n) is 9.50. The lowest BCUT2D eigenvalue weighted by Gasteiger charge is -2.23. The van der Waals surface area contributed by atoms with Gasteiger partial charge in [0.05, 0.1) is 29.1 Å². The second-order valence-electron chi connectivity index (χ2n) is 7.22. The van der Waals surface area contributed by atoms with Crippen LogP contribution in [0.25, 0.3) is 17.1 Å². The molecule has 0 unspecified atom stereocenters. The van der Waals surface area contributed by atoms with Gasteiger partial charge in [-0.1, -0.05) is 30.0 Å². The van der Waals surface area contributed by atoms with E-state index in [0.717, 1.165) is 17.0 Å². The molecule has 0 spiro atoms. The highest BCUT2D eigenvalue weighted by Crippen LogP contribution is 2.30. The number of aryl methyl sites for hydroxylation is 1. The highest BCUT2D eigenvalue weighted by atomic mass is 32.2. The Kier molecular flexibility index (Phi) is 5.70. The number of benzene rings is 1. The summed E-state index contributed by atoms with van der Waals surface area (Å²) >= 11 is 1.28. The molecule has 0 N–H and O–H groups in total.